The molecule has 2 aromatic rings. The van der Waals surface area contributed by atoms with Crippen molar-refractivity contribution in [3.8, 4) is 16.9 Å². The minimum Gasteiger partial charge on any atom is -0.494 e. The topological polar surface area (TPSA) is 12.5 Å². The van der Waals surface area contributed by atoms with Crippen molar-refractivity contribution in [3.63, 3.8) is 0 Å². The molecule has 0 atom stereocenters. The van der Waals surface area contributed by atoms with Crippen molar-refractivity contribution in [1.29, 1.82) is 0 Å². The predicted molar refractivity (Wildman–Crippen MR) is 84.0 cm³/mol. The molecule has 0 unspecified atom stereocenters. The van der Waals surface area contributed by atoms with Crippen molar-refractivity contribution in [3.05, 3.63) is 54.6 Å². The molecule has 20 heavy (non-hydrogen) atoms. The van der Waals surface area contributed by atoms with Gasteiger partial charge >= 0.3 is 0 Å². The first-order valence-electron chi connectivity index (χ1n) is 7.10. The molecular formula is C18H22NO. The smallest absolute Gasteiger partial charge is 0.119 e. The molecule has 2 heteroatoms. The Bertz CT molecular complexity index is 491. The number of unbranched alkanes of at least 4 members (excludes halogenated alkanes) is 1. The van der Waals surface area contributed by atoms with Crippen LogP contribution in [0.3, 0.4) is 0 Å². The van der Waals surface area contributed by atoms with Crippen molar-refractivity contribution in [2.75, 3.05) is 27.2 Å². The van der Waals surface area contributed by atoms with Gasteiger partial charge in [0.25, 0.3) is 0 Å². The van der Waals surface area contributed by atoms with Crippen LogP contribution in [0.5, 0.6) is 5.75 Å². The van der Waals surface area contributed by atoms with Crippen LogP contribution >= 0.6 is 0 Å². The third-order valence-corrected chi connectivity index (χ3v) is 3.14. The Hall–Kier alpha value is -1.80. The highest BCUT2D eigenvalue weighted by molar-refractivity contribution is 5.63. The van der Waals surface area contributed by atoms with E-state index in [1.807, 2.05) is 30.3 Å². The summed E-state index contributed by atoms with van der Waals surface area (Å²) in [5.41, 5.74) is 2.29. The largest absolute Gasteiger partial charge is 0.494 e. The lowest BCUT2D eigenvalue weighted by Gasteiger charge is -2.10. The molecule has 0 fully saturated rings. The fourth-order valence-corrected chi connectivity index (χ4v) is 2.02. The number of hydrogen-bond donors (Lipinski definition) is 0. The number of nitrogens with zero attached hydrogens (tertiary/aromatic N) is 1. The van der Waals surface area contributed by atoms with Crippen molar-refractivity contribution < 1.29 is 4.74 Å². The second-order valence-corrected chi connectivity index (χ2v) is 5.16. The van der Waals surface area contributed by atoms with Crippen LogP contribution < -0.4 is 4.74 Å². The normalized spacial score (nSPS) is 10.8. The SMILES string of the molecule is CN(C)CCCCOc1ccc(-c2[c]cccc2)cc1. The van der Waals surface area contributed by atoms with Crippen LogP contribution in [0, 0.1) is 6.07 Å². The molecule has 0 heterocycles. The Morgan fingerprint density at radius 1 is 1.00 bits per heavy atom. The van der Waals surface area contributed by atoms with Crippen LogP contribution in [0.25, 0.3) is 11.1 Å². The molecule has 0 aliphatic carbocycles. The van der Waals surface area contributed by atoms with Gasteiger partial charge in [-0.1, -0.05) is 36.4 Å². The lowest BCUT2D eigenvalue weighted by molar-refractivity contribution is 0.293. The van der Waals surface area contributed by atoms with Gasteiger partial charge in [-0.2, -0.15) is 0 Å². The monoisotopic (exact) mass is 268 g/mol. The molecule has 0 aliphatic heterocycles. The van der Waals surface area contributed by atoms with Crippen molar-refractivity contribution in [2.24, 2.45) is 0 Å². The summed E-state index contributed by atoms with van der Waals surface area (Å²) in [6, 6.07) is 19.5. The highest BCUT2D eigenvalue weighted by atomic mass is 16.5. The molecule has 0 aromatic heterocycles. The third-order valence-electron chi connectivity index (χ3n) is 3.14. The predicted octanol–water partition coefficient (Wildman–Crippen LogP) is 3.87. The van der Waals surface area contributed by atoms with Gasteiger partial charge in [0, 0.05) is 0 Å². The van der Waals surface area contributed by atoms with E-state index in [0.29, 0.717) is 0 Å². The Balaban J connectivity index is 1.80. The fourth-order valence-electron chi connectivity index (χ4n) is 2.02. The van der Waals surface area contributed by atoms with Gasteiger partial charge in [0.1, 0.15) is 5.75 Å². The van der Waals surface area contributed by atoms with Crippen LogP contribution in [-0.2, 0) is 0 Å². The van der Waals surface area contributed by atoms with Crippen LogP contribution in [0.4, 0.5) is 0 Å². The Morgan fingerprint density at radius 2 is 1.80 bits per heavy atom. The first-order valence-corrected chi connectivity index (χ1v) is 7.10. The quantitative estimate of drug-likeness (QED) is 0.707. The zero-order valence-electron chi connectivity index (χ0n) is 12.3. The highest BCUT2D eigenvalue weighted by Crippen LogP contribution is 2.21. The van der Waals surface area contributed by atoms with Gasteiger partial charge in [0.15, 0.2) is 0 Å². The van der Waals surface area contributed by atoms with E-state index in [1.54, 1.807) is 0 Å². The summed E-state index contributed by atoms with van der Waals surface area (Å²) in [7, 11) is 4.19. The van der Waals surface area contributed by atoms with Gasteiger partial charge in [-0.3, -0.25) is 0 Å². The molecule has 0 aliphatic rings. The van der Waals surface area contributed by atoms with Gasteiger partial charge < -0.3 is 9.64 Å². The molecular weight excluding hydrogens is 246 g/mol. The average Bonchev–Trinajstić information content (AvgIpc) is 2.48. The van der Waals surface area contributed by atoms with E-state index in [2.05, 4.69) is 43.3 Å². The molecule has 0 saturated carbocycles. The van der Waals surface area contributed by atoms with Crippen LogP contribution in [0.15, 0.2) is 48.5 Å². The summed E-state index contributed by atoms with van der Waals surface area (Å²) >= 11 is 0. The minimum absolute atomic E-state index is 0.782. The van der Waals surface area contributed by atoms with Crippen molar-refractivity contribution in [2.45, 2.75) is 12.8 Å². The Morgan fingerprint density at radius 3 is 2.45 bits per heavy atom. The molecule has 0 spiro atoms. The summed E-state index contributed by atoms with van der Waals surface area (Å²) in [5, 5.41) is 0. The van der Waals surface area contributed by atoms with Gasteiger partial charge in [0.05, 0.1) is 6.61 Å². The van der Waals surface area contributed by atoms with E-state index in [9.17, 15) is 0 Å². The average molecular weight is 268 g/mol. The van der Waals surface area contributed by atoms with Gasteiger partial charge in [0.2, 0.25) is 0 Å². The van der Waals surface area contributed by atoms with Gasteiger partial charge in [-0.25, -0.2) is 0 Å². The summed E-state index contributed by atoms with van der Waals surface area (Å²) < 4.78 is 5.75. The highest BCUT2D eigenvalue weighted by Gasteiger charge is 1.98. The Labute approximate surface area is 122 Å². The number of rotatable bonds is 7. The van der Waals surface area contributed by atoms with E-state index in [1.165, 1.54) is 12.0 Å². The Kier molecular flexibility index (Phi) is 5.63. The maximum atomic E-state index is 5.75. The zero-order chi connectivity index (χ0) is 14.2. The summed E-state index contributed by atoms with van der Waals surface area (Å²) in [6.07, 6.45) is 2.26. The fraction of sp³-hybridized carbons (Fsp3) is 0.333. The zero-order valence-corrected chi connectivity index (χ0v) is 12.3. The van der Waals surface area contributed by atoms with E-state index in [0.717, 1.165) is 30.9 Å². The number of benzene rings is 2. The second kappa shape index (κ2) is 7.71. The van der Waals surface area contributed by atoms with Gasteiger partial charge in [-0.15, -0.1) is 0 Å². The summed E-state index contributed by atoms with van der Waals surface area (Å²) in [5.74, 6) is 0.939. The molecule has 0 saturated heterocycles. The van der Waals surface area contributed by atoms with Crippen molar-refractivity contribution >= 4 is 0 Å². The maximum absolute atomic E-state index is 5.75. The second-order valence-electron chi connectivity index (χ2n) is 5.16. The first-order chi connectivity index (χ1) is 9.75. The molecule has 0 N–H and O–H groups in total. The first kappa shape index (κ1) is 14.6. The maximum Gasteiger partial charge on any atom is 0.119 e. The van der Waals surface area contributed by atoms with E-state index >= 15 is 0 Å². The number of hydrogen-bond acceptors (Lipinski definition) is 2. The van der Waals surface area contributed by atoms with Crippen LogP contribution in [0.1, 0.15) is 12.8 Å². The summed E-state index contributed by atoms with van der Waals surface area (Å²) in [4.78, 5) is 2.20. The third kappa shape index (κ3) is 4.71. The molecule has 1 radical (unpaired) electrons. The molecule has 105 valence electrons. The number of ether oxygens (including phenoxy) is 1. The van der Waals surface area contributed by atoms with Crippen molar-refractivity contribution in [1.82, 2.24) is 4.90 Å². The molecule has 2 nitrogen and oxygen atoms in total. The molecule has 2 aromatic carbocycles. The summed E-state index contributed by atoms with van der Waals surface area (Å²) in [6.45, 7) is 1.90. The van der Waals surface area contributed by atoms with Crippen LogP contribution in [0.2, 0.25) is 0 Å². The van der Waals surface area contributed by atoms with E-state index in [-0.39, 0.29) is 0 Å². The standard InChI is InChI=1S/C18H22NO/c1-19(2)14-6-7-15-20-18-12-10-17(11-13-18)16-8-4-3-5-9-16/h3-5,8,10-13H,6-7,14-15H2,1-2H3. The molecule has 2 rings (SSSR count). The van der Waals surface area contributed by atoms with Gasteiger partial charge in [-0.05, 0) is 62.8 Å². The van der Waals surface area contributed by atoms with E-state index in [4.69, 9.17) is 4.74 Å². The minimum atomic E-state index is 0.782. The lowest BCUT2D eigenvalue weighted by atomic mass is 10.1. The molecule has 0 amide bonds. The van der Waals surface area contributed by atoms with E-state index < -0.39 is 0 Å². The molecule has 0 bridgehead atoms. The lowest BCUT2D eigenvalue weighted by Crippen LogP contribution is -2.13. The van der Waals surface area contributed by atoms with Crippen LogP contribution in [-0.4, -0.2) is 32.1 Å².